The van der Waals surface area contributed by atoms with Crippen LogP contribution in [0.25, 0.3) is 10.9 Å². The maximum atomic E-state index is 13.2. The molecule has 1 saturated heterocycles. The van der Waals surface area contributed by atoms with Gasteiger partial charge in [0.25, 0.3) is 0 Å². The van der Waals surface area contributed by atoms with Gasteiger partial charge in [0.05, 0.1) is 13.0 Å². The van der Waals surface area contributed by atoms with E-state index in [0.29, 0.717) is 12.6 Å². The number of fused-ring (bicyclic) bond motifs is 1. The van der Waals surface area contributed by atoms with Crippen molar-refractivity contribution < 1.29 is 9.53 Å². The molecule has 0 spiro atoms. The minimum Gasteiger partial charge on any atom is -0.494 e. The van der Waals surface area contributed by atoms with Crippen molar-refractivity contribution in [2.24, 2.45) is 5.92 Å². The first-order chi connectivity index (χ1) is 13.4. The predicted molar refractivity (Wildman–Crippen MR) is 112 cm³/mol. The fourth-order valence-corrected chi connectivity index (χ4v) is 4.16. The number of methoxy groups -OCH3 is 1. The molecule has 1 aromatic carbocycles. The summed E-state index contributed by atoms with van der Waals surface area (Å²) in [5.41, 5.74) is 1.93. The van der Waals surface area contributed by atoms with Crippen LogP contribution in [0.1, 0.15) is 18.4 Å². The molecule has 1 fully saturated rings. The molecule has 2 aromatic rings. The van der Waals surface area contributed by atoms with Gasteiger partial charge in [-0.05, 0) is 51.7 Å². The van der Waals surface area contributed by atoms with Gasteiger partial charge < -0.3 is 19.4 Å². The Hall–Kier alpha value is -2.18. The number of carbonyl (C=O) groups excluding carboxylic acids is 1. The zero-order valence-corrected chi connectivity index (χ0v) is 17.7. The number of ether oxygens (including phenoxy) is 1. The molecule has 2 atom stereocenters. The molecule has 1 amide bonds. The van der Waals surface area contributed by atoms with E-state index in [4.69, 9.17) is 4.74 Å². The SMILES string of the molecule is COc1ccc(CN(C)C(=O)[C@@H]2CC[C@H](N(C)C)CN(C)C2)c2cccnc12. The molecule has 28 heavy (non-hydrogen) atoms. The number of benzene rings is 1. The number of likely N-dealkylation sites (N-methyl/N-ethyl adjacent to an activating group) is 2. The Bertz CT molecular complexity index is 823. The second-order valence-corrected chi connectivity index (χ2v) is 8.13. The van der Waals surface area contributed by atoms with Gasteiger partial charge in [-0.3, -0.25) is 9.78 Å². The van der Waals surface area contributed by atoms with Crippen molar-refractivity contribution in [1.29, 1.82) is 0 Å². The lowest BCUT2D eigenvalue weighted by Crippen LogP contribution is -2.39. The minimum absolute atomic E-state index is 0.0441. The van der Waals surface area contributed by atoms with Crippen LogP contribution in [0.3, 0.4) is 0 Å². The van der Waals surface area contributed by atoms with Crippen LogP contribution in [0.2, 0.25) is 0 Å². The molecule has 0 unspecified atom stereocenters. The highest BCUT2D eigenvalue weighted by atomic mass is 16.5. The van der Waals surface area contributed by atoms with Gasteiger partial charge in [0.2, 0.25) is 5.91 Å². The number of likely N-dealkylation sites (tertiary alicyclic amines) is 1. The molecule has 0 bridgehead atoms. The number of amides is 1. The zero-order chi connectivity index (χ0) is 20.3. The van der Waals surface area contributed by atoms with Crippen LogP contribution in [-0.2, 0) is 11.3 Å². The van der Waals surface area contributed by atoms with Gasteiger partial charge in [0.1, 0.15) is 11.3 Å². The van der Waals surface area contributed by atoms with Crippen molar-refractivity contribution in [2.75, 3.05) is 48.4 Å². The molecule has 3 rings (SSSR count). The summed E-state index contributed by atoms with van der Waals surface area (Å²) in [4.78, 5) is 24.1. The molecule has 2 heterocycles. The molecule has 152 valence electrons. The van der Waals surface area contributed by atoms with E-state index in [1.165, 1.54) is 0 Å². The van der Waals surface area contributed by atoms with Gasteiger partial charge in [-0.2, -0.15) is 0 Å². The van der Waals surface area contributed by atoms with E-state index in [9.17, 15) is 4.79 Å². The predicted octanol–water partition coefficient (Wildman–Crippen LogP) is 2.47. The highest BCUT2D eigenvalue weighted by molar-refractivity contribution is 5.88. The van der Waals surface area contributed by atoms with Crippen LogP contribution < -0.4 is 4.74 Å². The van der Waals surface area contributed by atoms with Gasteiger partial charge in [0.15, 0.2) is 0 Å². The van der Waals surface area contributed by atoms with Crippen LogP contribution in [0.5, 0.6) is 5.75 Å². The Morgan fingerprint density at radius 3 is 2.71 bits per heavy atom. The van der Waals surface area contributed by atoms with E-state index in [1.54, 1.807) is 13.3 Å². The van der Waals surface area contributed by atoms with Crippen molar-refractivity contribution in [3.63, 3.8) is 0 Å². The second-order valence-electron chi connectivity index (χ2n) is 8.13. The summed E-state index contributed by atoms with van der Waals surface area (Å²) in [6.45, 7) is 2.40. The van der Waals surface area contributed by atoms with Crippen molar-refractivity contribution in [1.82, 2.24) is 19.7 Å². The number of hydrogen-bond acceptors (Lipinski definition) is 5. The highest BCUT2D eigenvalue weighted by Gasteiger charge is 2.29. The summed E-state index contributed by atoms with van der Waals surface area (Å²) in [7, 11) is 9.92. The lowest BCUT2D eigenvalue weighted by molar-refractivity contribution is -0.135. The highest BCUT2D eigenvalue weighted by Crippen LogP contribution is 2.28. The molecule has 1 aliphatic rings. The van der Waals surface area contributed by atoms with Crippen LogP contribution in [0.15, 0.2) is 30.5 Å². The minimum atomic E-state index is 0.0441. The number of rotatable bonds is 5. The third-order valence-electron chi connectivity index (χ3n) is 5.81. The van der Waals surface area contributed by atoms with Gasteiger partial charge in [-0.25, -0.2) is 0 Å². The van der Waals surface area contributed by atoms with Crippen LogP contribution in [0, 0.1) is 5.92 Å². The van der Waals surface area contributed by atoms with E-state index in [-0.39, 0.29) is 11.8 Å². The Kier molecular flexibility index (Phi) is 6.52. The molecule has 0 radical (unpaired) electrons. The largest absolute Gasteiger partial charge is 0.494 e. The maximum Gasteiger partial charge on any atom is 0.227 e. The molecule has 0 aliphatic carbocycles. The summed E-state index contributed by atoms with van der Waals surface area (Å²) in [5, 5.41) is 1.03. The van der Waals surface area contributed by atoms with Gasteiger partial charge in [-0.1, -0.05) is 12.1 Å². The number of carbonyl (C=O) groups is 1. The third kappa shape index (κ3) is 4.45. The van der Waals surface area contributed by atoms with Crippen molar-refractivity contribution in [3.8, 4) is 5.75 Å². The van der Waals surface area contributed by atoms with Crippen LogP contribution in [0.4, 0.5) is 0 Å². The smallest absolute Gasteiger partial charge is 0.227 e. The number of aromatic nitrogens is 1. The van der Waals surface area contributed by atoms with Gasteiger partial charge in [-0.15, -0.1) is 0 Å². The summed E-state index contributed by atoms with van der Waals surface area (Å²) < 4.78 is 5.43. The number of pyridine rings is 1. The van der Waals surface area contributed by atoms with E-state index in [1.807, 2.05) is 36.2 Å². The normalized spacial score (nSPS) is 20.9. The Morgan fingerprint density at radius 2 is 2.00 bits per heavy atom. The van der Waals surface area contributed by atoms with E-state index in [2.05, 4.69) is 35.9 Å². The van der Waals surface area contributed by atoms with E-state index < -0.39 is 0 Å². The molecule has 0 N–H and O–H groups in total. The van der Waals surface area contributed by atoms with E-state index >= 15 is 0 Å². The second kappa shape index (κ2) is 8.88. The van der Waals surface area contributed by atoms with Gasteiger partial charge >= 0.3 is 0 Å². The average molecular weight is 385 g/mol. The zero-order valence-electron chi connectivity index (χ0n) is 17.7. The fraction of sp³-hybridized carbons (Fsp3) is 0.545. The molecule has 0 saturated carbocycles. The Morgan fingerprint density at radius 1 is 1.21 bits per heavy atom. The number of hydrogen-bond donors (Lipinski definition) is 0. The van der Waals surface area contributed by atoms with Crippen molar-refractivity contribution in [2.45, 2.75) is 25.4 Å². The summed E-state index contributed by atoms with van der Waals surface area (Å²) in [6.07, 6.45) is 3.75. The van der Waals surface area contributed by atoms with Crippen LogP contribution >= 0.6 is 0 Å². The summed E-state index contributed by atoms with van der Waals surface area (Å²) in [5.74, 6) is 1.02. The topological polar surface area (TPSA) is 48.9 Å². The monoisotopic (exact) mass is 384 g/mol. The summed E-state index contributed by atoms with van der Waals surface area (Å²) in [6, 6.07) is 8.44. The molecule has 1 aromatic heterocycles. The lowest BCUT2D eigenvalue weighted by atomic mass is 9.99. The standard InChI is InChI=1S/C22H32N4O2/c1-24(2)18-10-8-17(13-25(3)15-18)22(27)26(4)14-16-9-11-20(28-5)21-19(16)7-6-12-23-21/h6-7,9,11-12,17-18H,8,10,13-15H2,1-5H3/t17-,18+/m1/s1. The first kappa shape index (κ1) is 20.6. The van der Waals surface area contributed by atoms with Gasteiger partial charge in [0, 0.05) is 44.3 Å². The van der Waals surface area contributed by atoms with Crippen molar-refractivity contribution in [3.05, 3.63) is 36.0 Å². The third-order valence-corrected chi connectivity index (χ3v) is 5.81. The average Bonchev–Trinajstić information content (AvgIpc) is 2.89. The number of nitrogens with zero attached hydrogens (tertiary/aromatic N) is 4. The maximum absolute atomic E-state index is 13.2. The van der Waals surface area contributed by atoms with Crippen LogP contribution in [-0.4, -0.2) is 80.0 Å². The lowest BCUT2D eigenvalue weighted by Gasteiger charge is -2.26. The first-order valence-electron chi connectivity index (χ1n) is 9.91. The molecular weight excluding hydrogens is 352 g/mol. The summed E-state index contributed by atoms with van der Waals surface area (Å²) >= 11 is 0. The first-order valence-corrected chi connectivity index (χ1v) is 9.91. The Balaban J connectivity index is 1.75. The van der Waals surface area contributed by atoms with Crippen molar-refractivity contribution >= 4 is 16.8 Å². The molecular formula is C22H32N4O2. The quantitative estimate of drug-likeness (QED) is 0.793. The molecule has 6 nitrogen and oxygen atoms in total. The fourth-order valence-electron chi connectivity index (χ4n) is 4.16. The Labute approximate surface area is 168 Å². The molecule has 1 aliphatic heterocycles. The molecule has 6 heteroatoms. The van der Waals surface area contributed by atoms with E-state index in [0.717, 1.165) is 48.1 Å².